The van der Waals surface area contributed by atoms with E-state index in [1.807, 2.05) is 13.0 Å². The normalized spacial score (nSPS) is 11.5. The summed E-state index contributed by atoms with van der Waals surface area (Å²) in [6, 6.07) is 13.4. The lowest BCUT2D eigenvalue weighted by molar-refractivity contribution is 0.102. The smallest absolute Gasteiger partial charge is 0.262 e. The van der Waals surface area contributed by atoms with Gasteiger partial charge in [-0.1, -0.05) is 30.8 Å². The van der Waals surface area contributed by atoms with Gasteiger partial charge in [-0.3, -0.25) is 18.9 Å². The number of thioether (sulfide) groups is 1. The van der Waals surface area contributed by atoms with Crippen LogP contribution >= 0.6 is 11.8 Å². The molecule has 0 spiro atoms. The minimum atomic E-state index is -3.37. The largest absolute Gasteiger partial charge is 0.293 e. The molecule has 2 aromatic carbocycles. The van der Waals surface area contributed by atoms with Gasteiger partial charge < -0.3 is 0 Å². The predicted molar refractivity (Wildman–Crippen MR) is 116 cm³/mol. The molecule has 0 saturated carbocycles. The van der Waals surface area contributed by atoms with E-state index in [1.54, 1.807) is 47.0 Å². The maximum atomic E-state index is 12.8. The number of nitrogens with one attached hydrogen (secondary N) is 1. The molecule has 1 heterocycles. The number of benzene rings is 2. The Morgan fingerprint density at radius 1 is 1.14 bits per heavy atom. The number of para-hydroxylation sites is 1. The van der Waals surface area contributed by atoms with Gasteiger partial charge in [-0.15, -0.1) is 0 Å². The number of nitrogens with zero attached hydrogens (tertiary/aromatic N) is 2. The van der Waals surface area contributed by atoms with E-state index < -0.39 is 10.0 Å². The van der Waals surface area contributed by atoms with Crippen LogP contribution in [-0.4, -0.2) is 35.8 Å². The molecule has 0 radical (unpaired) electrons. The fraction of sp³-hybridized carbons (Fsp3) is 0.250. The molecule has 1 N–H and O–H groups in total. The molecule has 3 rings (SSSR count). The van der Waals surface area contributed by atoms with Crippen LogP contribution in [0.1, 0.15) is 23.7 Å². The van der Waals surface area contributed by atoms with Gasteiger partial charge in [0.2, 0.25) is 10.0 Å². The Balaban J connectivity index is 1.80. The molecule has 29 heavy (non-hydrogen) atoms. The highest BCUT2D eigenvalue weighted by Gasteiger charge is 2.14. The van der Waals surface area contributed by atoms with Crippen molar-refractivity contribution in [1.29, 1.82) is 0 Å². The first-order chi connectivity index (χ1) is 13.8. The molecule has 7 nitrogen and oxygen atoms in total. The molecule has 0 fully saturated rings. The molecular weight excluding hydrogens is 410 g/mol. The van der Waals surface area contributed by atoms with Gasteiger partial charge in [-0.05, 0) is 42.8 Å². The van der Waals surface area contributed by atoms with Gasteiger partial charge in [0.05, 0.1) is 22.9 Å². The van der Waals surface area contributed by atoms with Crippen molar-refractivity contribution in [3.63, 3.8) is 0 Å². The number of carbonyl (C=O) groups is 1. The zero-order valence-electron chi connectivity index (χ0n) is 16.1. The Hall–Kier alpha value is -2.65. The zero-order valence-corrected chi connectivity index (χ0v) is 17.7. The zero-order chi connectivity index (χ0) is 21.0. The SMILES string of the molecule is CCCn1c(SCC(=O)c2ccc(NS(C)(=O)=O)cc2)nc2ccccc2c1=O. The van der Waals surface area contributed by atoms with Gasteiger partial charge >= 0.3 is 0 Å². The molecule has 3 aromatic rings. The maximum Gasteiger partial charge on any atom is 0.262 e. The van der Waals surface area contributed by atoms with Crippen molar-refractivity contribution in [3.05, 3.63) is 64.4 Å². The molecule has 152 valence electrons. The van der Waals surface area contributed by atoms with E-state index in [4.69, 9.17) is 0 Å². The third kappa shape index (κ3) is 5.24. The number of hydrogen-bond donors (Lipinski definition) is 1. The number of hydrogen-bond acceptors (Lipinski definition) is 6. The Morgan fingerprint density at radius 2 is 1.83 bits per heavy atom. The van der Waals surface area contributed by atoms with Gasteiger partial charge in [0.1, 0.15) is 0 Å². The second-order valence-corrected chi connectivity index (χ2v) is 9.22. The Kier molecular flexibility index (Phi) is 6.39. The van der Waals surface area contributed by atoms with E-state index in [2.05, 4.69) is 9.71 Å². The molecule has 0 aliphatic rings. The van der Waals surface area contributed by atoms with Gasteiger partial charge in [-0.2, -0.15) is 0 Å². The van der Waals surface area contributed by atoms with Gasteiger partial charge in [0.25, 0.3) is 5.56 Å². The molecule has 1 aromatic heterocycles. The highest BCUT2D eigenvalue weighted by molar-refractivity contribution is 7.99. The number of anilines is 1. The minimum Gasteiger partial charge on any atom is -0.293 e. The summed E-state index contributed by atoms with van der Waals surface area (Å²) in [6.45, 7) is 2.51. The molecule has 0 atom stereocenters. The fourth-order valence-electron chi connectivity index (χ4n) is 2.83. The summed E-state index contributed by atoms with van der Waals surface area (Å²) in [4.78, 5) is 29.9. The minimum absolute atomic E-state index is 0.108. The van der Waals surface area contributed by atoms with E-state index in [-0.39, 0.29) is 17.1 Å². The van der Waals surface area contributed by atoms with Crippen LogP contribution in [0.15, 0.2) is 58.5 Å². The van der Waals surface area contributed by atoms with E-state index in [0.29, 0.717) is 33.9 Å². The van der Waals surface area contributed by atoms with Crippen molar-refractivity contribution in [2.75, 3.05) is 16.7 Å². The van der Waals surface area contributed by atoms with Crippen LogP contribution in [0.3, 0.4) is 0 Å². The highest BCUT2D eigenvalue weighted by Crippen LogP contribution is 2.20. The summed E-state index contributed by atoms with van der Waals surface area (Å²) < 4.78 is 26.5. The lowest BCUT2D eigenvalue weighted by atomic mass is 10.1. The predicted octanol–water partition coefficient (Wildman–Crippen LogP) is 3.15. The average Bonchev–Trinajstić information content (AvgIpc) is 2.68. The number of sulfonamides is 1. The monoisotopic (exact) mass is 431 g/mol. The van der Waals surface area contributed by atoms with Gasteiger partial charge in [-0.25, -0.2) is 13.4 Å². The van der Waals surface area contributed by atoms with Crippen LogP contribution in [0.5, 0.6) is 0 Å². The van der Waals surface area contributed by atoms with Crippen LogP contribution in [0.25, 0.3) is 10.9 Å². The maximum absolute atomic E-state index is 12.8. The van der Waals surface area contributed by atoms with E-state index in [0.717, 1.165) is 12.7 Å². The first kappa shape index (κ1) is 21.1. The van der Waals surface area contributed by atoms with Crippen LogP contribution in [0.2, 0.25) is 0 Å². The van der Waals surface area contributed by atoms with Crippen LogP contribution in [-0.2, 0) is 16.6 Å². The topological polar surface area (TPSA) is 98.1 Å². The van der Waals surface area contributed by atoms with E-state index in [1.165, 1.54) is 11.8 Å². The second-order valence-electron chi connectivity index (χ2n) is 6.53. The third-order valence-electron chi connectivity index (χ3n) is 4.12. The lowest BCUT2D eigenvalue weighted by Crippen LogP contribution is -2.23. The Labute approximate surface area is 173 Å². The first-order valence-corrected chi connectivity index (χ1v) is 11.9. The van der Waals surface area contributed by atoms with Crippen molar-refractivity contribution in [3.8, 4) is 0 Å². The molecule has 0 unspecified atom stereocenters. The number of rotatable bonds is 8. The van der Waals surface area contributed by atoms with Crippen molar-refractivity contribution in [2.45, 2.75) is 25.0 Å². The number of ketones is 1. The van der Waals surface area contributed by atoms with Crippen LogP contribution < -0.4 is 10.3 Å². The standard InChI is InChI=1S/C20H21N3O4S2/c1-3-12-23-19(25)16-6-4-5-7-17(16)21-20(23)28-13-18(24)14-8-10-15(11-9-14)22-29(2,26)27/h4-11,22H,3,12-13H2,1-2H3. The molecule has 0 bridgehead atoms. The summed E-state index contributed by atoms with van der Waals surface area (Å²) in [6.07, 6.45) is 1.84. The second kappa shape index (κ2) is 8.79. The quantitative estimate of drug-likeness (QED) is 0.334. The number of fused-ring (bicyclic) bond motifs is 1. The van der Waals surface area contributed by atoms with Crippen LogP contribution in [0.4, 0.5) is 5.69 Å². The van der Waals surface area contributed by atoms with Crippen molar-refractivity contribution < 1.29 is 13.2 Å². The summed E-state index contributed by atoms with van der Waals surface area (Å²) in [5, 5.41) is 1.07. The lowest BCUT2D eigenvalue weighted by Gasteiger charge is -2.12. The fourth-order valence-corrected chi connectivity index (χ4v) is 4.31. The Bertz CT molecular complexity index is 1200. The van der Waals surface area contributed by atoms with Gasteiger partial charge in [0, 0.05) is 17.8 Å². The summed E-state index contributed by atoms with van der Waals surface area (Å²) in [5.74, 6) is -0.0146. The molecule has 0 saturated heterocycles. The van der Waals surface area contributed by atoms with Crippen molar-refractivity contribution >= 4 is 44.2 Å². The molecule has 9 heteroatoms. The highest BCUT2D eigenvalue weighted by atomic mass is 32.2. The number of carbonyl (C=O) groups excluding carboxylic acids is 1. The summed E-state index contributed by atoms with van der Waals surface area (Å²) in [5.41, 5.74) is 1.35. The van der Waals surface area contributed by atoms with Gasteiger partial charge in [0.15, 0.2) is 10.9 Å². The molecule has 0 aliphatic carbocycles. The first-order valence-electron chi connectivity index (χ1n) is 9.02. The number of Topliss-reactive ketones (excluding diaryl/α,β-unsaturated/α-hetero) is 1. The summed E-state index contributed by atoms with van der Waals surface area (Å²) >= 11 is 1.22. The van der Waals surface area contributed by atoms with Crippen LogP contribution in [0, 0.1) is 0 Å². The summed E-state index contributed by atoms with van der Waals surface area (Å²) in [7, 11) is -3.37. The van der Waals surface area contributed by atoms with E-state index >= 15 is 0 Å². The molecular formula is C20H21N3O4S2. The Morgan fingerprint density at radius 3 is 2.48 bits per heavy atom. The molecule has 0 aliphatic heterocycles. The third-order valence-corrected chi connectivity index (χ3v) is 5.70. The average molecular weight is 432 g/mol. The number of aromatic nitrogens is 2. The van der Waals surface area contributed by atoms with E-state index in [9.17, 15) is 18.0 Å². The molecule has 0 amide bonds. The van der Waals surface area contributed by atoms with Crippen molar-refractivity contribution in [1.82, 2.24) is 9.55 Å². The van der Waals surface area contributed by atoms with Crippen molar-refractivity contribution in [2.24, 2.45) is 0 Å².